The van der Waals surface area contributed by atoms with Crippen LogP contribution in [-0.4, -0.2) is 42.6 Å². The first-order chi connectivity index (χ1) is 9.47. The van der Waals surface area contributed by atoms with E-state index in [9.17, 15) is 14.4 Å². The van der Waals surface area contributed by atoms with Gasteiger partial charge in [0.1, 0.15) is 11.6 Å². The molecule has 0 aromatic heterocycles. The van der Waals surface area contributed by atoms with Gasteiger partial charge in [-0.2, -0.15) is 0 Å². The quantitative estimate of drug-likeness (QED) is 0.686. The molecule has 0 bridgehead atoms. The lowest BCUT2D eigenvalue weighted by Gasteiger charge is -2.23. The summed E-state index contributed by atoms with van der Waals surface area (Å²) in [5, 5.41) is 2.43. The average Bonchev–Trinajstić information content (AvgIpc) is 2.33. The van der Waals surface area contributed by atoms with Gasteiger partial charge in [-0.15, -0.1) is 0 Å². The van der Waals surface area contributed by atoms with E-state index in [0.717, 1.165) is 0 Å². The zero-order valence-electron chi connectivity index (χ0n) is 13.6. The molecule has 7 heteroatoms. The third-order valence-electron chi connectivity index (χ3n) is 2.61. The van der Waals surface area contributed by atoms with Gasteiger partial charge in [-0.1, -0.05) is 13.8 Å². The molecule has 1 unspecified atom stereocenters. The second kappa shape index (κ2) is 7.97. The first-order valence-electron chi connectivity index (χ1n) is 6.83. The zero-order valence-corrected chi connectivity index (χ0v) is 13.6. The van der Waals surface area contributed by atoms with Crippen molar-refractivity contribution in [2.45, 2.75) is 58.7 Å². The Kier molecular flexibility index (Phi) is 7.35. The van der Waals surface area contributed by atoms with Crippen molar-refractivity contribution in [3.8, 4) is 0 Å². The van der Waals surface area contributed by atoms with Crippen LogP contribution in [0.2, 0.25) is 0 Å². The molecule has 7 nitrogen and oxygen atoms in total. The molecule has 0 aromatic carbocycles. The maximum atomic E-state index is 11.9. The van der Waals surface area contributed by atoms with E-state index in [2.05, 4.69) is 10.1 Å². The predicted octanol–water partition coefficient (Wildman–Crippen LogP) is 0.359. The van der Waals surface area contributed by atoms with Crippen LogP contribution in [0.1, 0.15) is 41.0 Å². The molecule has 0 fully saturated rings. The van der Waals surface area contributed by atoms with Crippen LogP contribution >= 0.6 is 0 Å². The lowest BCUT2D eigenvalue weighted by Crippen LogP contribution is -2.51. The molecule has 0 rings (SSSR count). The fourth-order valence-corrected chi connectivity index (χ4v) is 1.46. The average molecular weight is 302 g/mol. The topological polar surface area (TPSA) is 108 Å². The number of hydrogen-bond acceptors (Lipinski definition) is 6. The molecule has 0 radical (unpaired) electrons. The molecule has 3 N–H and O–H groups in total. The highest BCUT2D eigenvalue weighted by Gasteiger charge is 2.29. The molecule has 0 aliphatic carbocycles. The molecule has 0 heterocycles. The van der Waals surface area contributed by atoms with Crippen LogP contribution in [0.3, 0.4) is 0 Å². The van der Waals surface area contributed by atoms with Gasteiger partial charge in [-0.25, -0.2) is 4.79 Å². The summed E-state index contributed by atoms with van der Waals surface area (Å²) in [6.07, 6.45) is -0.305. The number of methoxy groups -OCH3 is 1. The minimum atomic E-state index is -1.11. The molecule has 0 saturated heterocycles. The van der Waals surface area contributed by atoms with Gasteiger partial charge in [0.15, 0.2) is 0 Å². The second-order valence-corrected chi connectivity index (χ2v) is 6.14. The summed E-state index contributed by atoms with van der Waals surface area (Å²) in [6.45, 7) is 8.71. The number of amides is 1. The Bertz CT molecular complexity index is 387. The van der Waals surface area contributed by atoms with Crippen LogP contribution in [0.4, 0.5) is 0 Å². The van der Waals surface area contributed by atoms with Crippen LogP contribution in [-0.2, 0) is 23.9 Å². The maximum Gasteiger partial charge on any atom is 0.328 e. The first kappa shape index (κ1) is 19.4. The van der Waals surface area contributed by atoms with Gasteiger partial charge in [0.2, 0.25) is 5.91 Å². The highest BCUT2D eigenvalue weighted by Crippen LogP contribution is 2.10. The number of nitrogens with two attached hydrogens (primary N) is 1. The van der Waals surface area contributed by atoms with Crippen molar-refractivity contribution in [3.63, 3.8) is 0 Å². The van der Waals surface area contributed by atoms with E-state index in [1.807, 2.05) is 0 Å². The minimum Gasteiger partial charge on any atom is -0.467 e. The Morgan fingerprint density at radius 3 is 2.10 bits per heavy atom. The second-order valence-electron chi connectivity index (χ2n) is 6.14. The molecule has 0 saturated carbocycles. The van der Waals surface area contributed by atoms with E-state index < -0.39 is 35.5 Å². The Balaban J connectivity index is 4.79. The molecular weight excluding hydrogens is 276 g/mol. The third-order valence-corrected chi connectivity index (χ3v) is 2.61. The Hall–Kier alpha value is -1.63. The highest BCUT2D eigenvalue weighted by atomic mass is 16.6. The van der Waals surface area contributed by atoms with E-state index in [1.165, 1.54) is 7.11 Å². The molecule has 0 aromatic rings. The van der Waals surface area contributed by atoms with Gasteiger partial charge >= 0.3 is 11.9 Å². The van der Waals surface area contributed by atoms with Gasteiger partial charge in [-0.05, 0) is 26.7 Å². The molecule has 1 amide bonds. The predicted molar refractivity (Wildman–Crippen MR) is 77.2 cm³/mol. The number of esters is 2. The molecule has 2 atom stereocenters. The fraction of sp³-hybridized carbons (Fsp3) is 0.786. The van der Waals surface area contributed by atoms with Crippen LogP contribution in [0.5, 0.6) is 0 Å². The van der Waals surface area contributed by atoms with Crippen molar-refractivity contribution in [2.75, 3.05) is 7.11 Å². The van der Waals surface area contributed by atoms with E-state index in [1.54, 1.807) is 34.6 Å². The molecule has 122 valence electrons. The Morgan fingerprint density at radius 2 is 1.71 bits per heavy atom. The number of nitrogens with one attached hydrogen (secondary N) is 1. The van der Waals surface area contributed by atoms with E-state index in [4.69, 9.17) is 10.5 Å². The number of ether oxygens (including phenoxy) is 2. The third kappa shape index (κ3) is 7.65. The van der Waals surface area contributed by atoms with Crippen LogP contribution in [0, 0.1) is 5.92 Å². The molecular formula is C14H26N2O5. The van der Waals surface area contributed by atoms with Crippen molar-refractivity contribution in [2.24, 2.45) is 11.7 Å². The van der Waals surface area contributed by atoms with Gasteiger partial charge in [0.25, 0.3) is 0 Å². The van der Waals surface area contributed by atoms with Crippen molar-refractivity contribution < 1.29 is 23.9 Å². The zero-order chi connectivity index (χ0) is 16.8. The summed E-state index contributed by atoms with van der Waals surface area (Å²) < 4.78 is 9.71. The van der Waals surface area contributed by atoms with Gasteiger partial charge in [0.05, 0.1) is 19.6 Å². The first-order valence-corrected chi connectivity index (χ1v) is 6.83. The lowest BCUT2D eigenvalue weighted by atomic mass is 10.0. The largest absolute Gasteiger partial charge is 0.467 e. The number of rotatable bonds is 6. The minimum absolute atomic E-state index is 0.0928. The van der Waals surface area contributed by atoms with Crippen molar-refractivity contribution in [3.05, 3.63) is 0 Å². The van der Waals surface area contributed by atoms with Gasteiger partial charge < -0.3 is 20.5 Å². The molecule has 0 aliphatic rings. The maximum absolute atomic E-state index is 11.9. The van der Waals surface area contributed by atoms with E-state index in [-0.39, 0.29) is 12.3 Å². The normalized spacial score (nSPS) is 14.3. The summed E-state index contributed by atoms with van der Waals surface area (Å²) in [6, 6.07) is -1.88. The Labute approximate surface area is 125 Å². The van der Waals surface area contributed by atoms with Gasteiger partial charge in [-0.3, -0.25) is 9.59 Å². The number of carbonyl (C=O) groups is 3. The lowest BCUT2D eigenvalue weighted by molar-refractivity contribution is -0.159. The van der Waals surface area contributed by atoms with Crippen molar-refractivity contribution in [1.82, 2.24) is 5.32 Å². The standard InChI is InChI=1S/C14H26N2O5/c1-8(2)11(15)12(18)16-9(13(19)20-6)7-10(17)21-14(3,4)5/h8-9,11H,7,15H2,1-6H3,(H,16,18)/t9-,11?/m0/s1. The summed E-state index contributed by atoms with van der Waals surface area (Å²) in [5.41, 5.74) is 5.03. The van der Waals surface area contributed by atoms with Crippen LogP contribution in [0.15, 0.2) is 0 Å². The molecule has 0 spiro atoms. The van der Waals surface area contributed by atoms with Crippen LogP contribution < -0.4 is 11.1 Å². The monoisotopic (exact) mass is 302 g/mol. The number of hydrogen-bond donors (Lipinski definition) is 2. The van der Waals surface area contributed by atoms with E-state index in [0.29, 0.717) is 0 Å². The Morgan fingerprint density at radius 1 is 1.19 bits per heavy atom. The fourth-order valence-electron chi connectivity index (χ4n) is 1.46. The number of carbonyl (C=O) groups excluding carboxylic acids is 3. The summed E-state index contributed by atoms with van der Waals surface area (Å²) in [5.74, 6) is -1.92. The molecule has 21 heavy (non-hydrogen) atoms. The summed E-state index contributed by atoms with van der Waals surface area (Å²) in [4.78, 5) is 35.3. The highest BCUT2D eigenvalue weighted by molar-refractivity contribution is 5.90. The van der Waals surface area contributed by atoms with Gasteiger partial charge in [0, 0.05) is 0 Å². The summed E-state index contributed by atoms with van der Waals surface area (Å²) >= 11 is 0. The van der Waals surface area contributed by atoms with Crippen molar-refractivity contribution in [1.29, 1.82) is 0 Å². The van der Waals surface area contributed by atoms with E-state index >= 15 is 0 Å². The van der Waals surface area contributed by atoms with Crippen molar-refractivity contribution >= 4 is 17.8 Å². The van der Waals surface area contributed by atoms with Crippen LogP contribution in [0.25, 0.3) is 0 Å². The summed E-state index contributed by atoms with van der Waals surface area (Å²) in [7, 11) is 1.18. The molecule has 0 aliphatic heterocycles. The SMILES string of the molecule is COC(=O)[C@H](CC(=O)OC(C)(C)C)NC(=O)C(N)C(C)C. The smallest absolute Gasteiger partial charge is 0.328 e.